The van der Waals surface area contributed by atoms with Gasteiger partial charge in [0.05, 0.1) is 17.9 Å². The van der Waals surface area contributed by atoms with Gasteiger partial charge >= 0.3 is 5.97 Å². The van der Waals surface area contributed by atoms with Gasteiger partial charge in [-0.2, -0.15) is 0 Å². The second-order valence-electron chi connectivity index (χ2n) is 6.27. The molecule has 1 aromatic carbocycles. The van der Waals surface area contributed by atoms with Gasteiger partial charge < -0.3 is 14.4 Å². The van der Waals surface area contributed by atoms with Crippen LogP contribution in [0.1, 0.15) is 30.4 Å². The lowest BCUT2D eigenvalue weighted by Crippen LogP contribution is -2.49. The topological polar surface area (TPSA) is 70.8 Å². The molecular formula is C19H21NO4. The molecule has 3 rings (SSSR count). The SMILES string of the molecule is O=C(CCc1ccoc1)N1CCC(C(=O)O)(c2ccccc2)CC1. The summed E-state index contributed by atoms with van der Waals surface area (Å²) in [6, 6.07) is 11.2. The van der Waals surface area contributed by atoms with Gasteiger partial charge in [0, 0.05) is 19.5 Å². The van der Waals surface area contributed by atoms with Crippen LogP contribution in [0, 0.1) is 0 Å². The molecule has 0 atom stereocenters. The van der Waals surface area contributed by atoms with Gasteiger partial charge in [0.15, 0.2) is 0 Å². The van der Waals surface area contributed by atoms with Crippen molar-refractivity contribution in [2.45, 2.75) is 31.1 Å². The second kappa shape index (κ2) is 6.91. The van der Waals surface area contributed by atoms with E-state index in [0.717, 1.165) is 11.1 Å². The van der Waals surface area contributed by atoms with Crippen LogP contribution in [0.25, 0.3) is 0 Å². The number of benzene rings is 1. The number of rotatable bonds is 5. The van der Waals surface area contributed by atoms with E-state index < -0.39 is 11.4 Å². The number of aryl methyl sites for hydroxylation is 1. The molecule has 0 spiro atoms. The molecule has 1 aliphatic rings. The van der Waals surface area contributed by atoms with Gasteiger partial charge in [-0.1, -0.05) is 30.3 Å². The Morgan fingerprint density at radius 3 is 2.42 bits per heavy atom. The number of nitrogens with zero attached hydrogens (tertiary/aromatic N) is 1. The number of piperidine rings is 1. The highest BCUT2D eigenvalue weighted by Crippen LogP contribution is 2.36. The number of carboxylic acids is 1. The van der Waals surface area contributed by atoms with Gasteiger partial charge in [0.25, 0.3) is 0 Å². The normalized spacial score (nSPS) is 16.8. The molecular weight excluding hydrogens is 306 g/mol. The number of likely N-dealkylation sites (tertiary alicyclic amines) is 1. The lowest BCUT2D eigenvalue weighted by molar-refractivity contribution is -0.148. The van der Waals surface area contributed by atoms with E-state index in [1.54, 1.807) is 17.4 Å². The first kappa shape index (κ1) is 16.3. The zero-order valence-corrected chi connectivity index (χ0v) is 13.5. The van der Waals surface area contributed by atoms with Crippen molar-refractivity contribution in [2.24, 2.45) is 0 Å². The van der Waals surface area contributed by atoms with Crippen molar-refractivity contribution in [1.29, 1.82) is 0 Å². The highest BCUT2D eigenvalue weighted by molar-refractivity contribution is 5.82. The number of amides is 1. The zero-order valence-electron chi connectivity index (χ0n) is 13.5. The van der Waals surface area contributed by atoms with Crippen LogP contribution in [-0.4, -0.2) is 35.0 Å². The van der Waals surface area contributed by atoms with Crippen LogP contribution in [0.15, 0.2) is 53.3 Å². The van der Waals surface area contributed by atoms with Crippen molar-refractivity contribution >= 4 is 11.9 Å². The number of carbonyl (C=O) groups is 2. The standard InChI is InChI=1S/C19H21NO4/c21-17(7-6-15-8-13-24-14-15)20-11-9-19(10-12-20,18(22)23)16-4-2-1-3-5-16/h1-5,8,13-14H,6-7,9-12H2,(H,22,23). The summed E-state index contributed by atoms with van der Waals surface area (Å²) in [6.45, 7) is 0.955. The van der Waals surface area contributed by atoms with Crippen molar-refractivity contribution in [3.05, 3.63) is 60.1 Å². The average molecular weight is 327 g/mol. The van der Waals surface area contributed by atoms with Gasteiger partial charge in [0.2, 0.25) is 5.91 Å². The first-order valence-corrected chi connectivity index (χ1v) is 8.19. The fraction of sp³-hybridized carbons (Fsp3) is 0.368. The number of hydrogen-bond acceptors (Lipinski definition) is 3. The Hall–Kier alpha value is -2.56. The van der Waals surface area contributed by atoms with E-state index in [2.05, 4.69) is 0 Å². The Morgan fingerprint density at radius 2 is 1.83 bits per heavy atom. The molecule has 126 valence electrons. The Morgan fingerprint density at radius 1 is 1.12 bits per heavy atom. The summed E-state index contributed by atoms with van der Waals surface area (Å²) < 4.78 is 5.00. The highest BCUT2D eigenvalue weighted by atomic mass is 16.4. The van der Waals surface area contributed by atoms with Crippen LogP contribution in [0.5, 0.6) is 0 Å². The summed E-state index contributed by atoms with van der Waals surface area (Å²) in [7, 11) is 0. The lowest BCUT2D eigenvalue weighted by atomic mass is 9.73. The van der Waals surface area contributed by atoms with Crippen molar-refractivity contribution in [3.8, 4) is 0 Å². The van der Waals surface area contributed by atoms with Crippen molar-refractivity contribution in [2.75, 3.05) is 13.1 Å². The monoisotopic (exact) mass is 327 g/mol. The summed E-state index contributed by atoms with van der Waals surface area (Å²) >= 11 is 0. The van der Waals surface area contributed by atoms with Gasteiger partial charge in [0.1, 0.15) is 0 Å². The van der Waals surface area contributed by atoms with Gasteiger partial charge in [-0.15, -0.1) is 0 Å². The Bertz CT molecular complexity index is 685. The minimum Gasteiger partial charge on any atom is -0.481 e. The van der Waals surface area contributed by atoms with Crippen LogP contribution >= 0.6 is 0 Å². The third kappa shape index (κ3) is 3.20. The molecule has 1 N–H and O–H groups in total. The van der Waals surface area contributed by atoms with E-state index >= 15 is 0 Å². The summed E-state index contributed by atoms with van der Waals surface area (Å²) in [5.74, 6) is -0.734. The van der Waals surface area contributed by atoms with Gasteiger partial charge in [-0.05, 0) is 36.5 Å². The van der Waals surface area contributed by atoms with Crippen molar-refractivity contribution in [3.63, 3.8) is 0 Å². The van der Waals surface area contributed by atoms with Crippen molar-refractivity contribution in [1.82, 2.24) is 4.90 Å². The van der Waals surface area contributed by atoms with E-state index in [1.807, 2.05) is 36.4 Å². The Kier molecular flexibility index (Phi) is 4.69. The maximum absolute atomic E-state index is 12.4. The predicted octanol–water partition coefficient (Wildman–Crippen LogP) is 2.86. The van der Waals surface area contributed by atoms with E-state index in [1.165, 1.54) is 0 Å². The fourth-order valence-corrected chi connectivity index (χ4v) is 3.37. The summed E-state index contributed by atoms with van der Waals surface area (Å²) in [4.78, 5) is 26.1. The first-order chi connectivity index (χ1) is 11.6. The molecule has 0 saturated carbocycles. The van der Waals surface area contributed by atoms with E-state index in [0.29, 0.717) is 38.8 Å². The highest BCUT2D eigenvalue weighted by Gasteiger charge is 2.43. The molecule has 1 saturated heterocycles. The third-order valence-electron chi connectivity index (χ3n) is 4.91. The third-order valence-corrected chi connectivity index (χ3v) is 4.91. The second-order valence-corrected chi connectivity index (χ2v) is 6.27. The molecule has 0 bridgehead atoms. The molecule has 5 nitrogen and oxygen atoms in total. The average Bonchev–Trinajstić information content (AvgIpc) is 3.14. The number of furan rings is 1. The Balaban J connectivity index is 1.63. The fourth-order valence-electron chi connectivity index (χ4n) is 3.37. The Labute approximate surface area is 140 Å². The van der Waals surface area contributed by atoms with E-state index in [-0.39, 0.29) is 5.91 Å². The van der Waals surface area contributed by atoms with E-state index in [9.17, 15) is 14.7 Å². The molecule has 1 aliphatic heterocycles. The maximum Gasteiger partial charge on any atom is 0.314 e. The molecule has 0 aliphatic carbocycles. The molecule has 1 amide bonds. The molecule has 24 heavy (non-hydrogen) atoms. The lowest BCUT2D eigenvalue weighted by Gasteiger charge is -2.39. The molecule has 0 radical (unpaired) electrons. The number of aliphatic carboxylic acids is 1. The summed E-state index contributed by atoms with van der Waals surface area (Å²) in [6.07, 6.45) is 5.21. The van der Waals surface area contributed by atoms with E-state index in [4.69, 9.17) is 4.42 Å². The quantitative estimate of drug-likeness (QED) is 0.917. The smallest absolute Gasteiger partial charge is 0.314 e. The van der Waals surface area contributed by atoms with Crippen LogP contribution in [0.3, 0.4) is 0 Å². The van der Waals surface area contributed by atoms with Gasteiger partial charge in [-0.3, -0.25) is 9.59 Å². The maximum atomic E-state index is 12.4. The zero-order chi connectivity index (χ0) is 17.0. The van der Waals surface area contributed by atoms with Crippen molar-refractivity contribution < 1.29 is 19.1 Å². The van der Waals surface area contributed by atoms with Crippen LogP contribution in [-0.2, 0) is 21.4 Å². The molecule has 2 heterocycles. The summed E-state index contributed by atoms with van der Waals surface area (Å²) in [5.41, 5.74) is 0.940. The molecule has 2 aromatic rings. The largest absolute Gasteiger partial charge is 0.481 e. The molecule has 1 aromatic heterocycles. The first-order valence-electron chi connectivity index (χ1n) is 8.19. The summed E-state index contributed by atoms with van der Waals surface area (Å²) in [5, 5.41) is 9.78. The molecule has 5 heteroatoms. The van der Waals surface area contributed by atoms with Crippen LogP contribution in [0.2, 0.25) is 0 Å². The predicted molar refractivity (Wildman–Crippen MR) is 88.6 cm³/mol. The van der Waals surface area contributed by atoms with Crippen LogP contribution in [0.4, 0.5) is 0 Å². The minimum absolute atomic E-state index is 0.0725. The van der Waals surface area contributed by atoms with Crippen LogP contribution < -0.4 is 0 Å². The minimum atomic E-state index is -0.886. The molecule has 1 fully saturated rings. The number of carbonyl (C=O) groups excluding carboxylic acids is 1. The van der Waals surface area contributed by atoms with Gasteiger partial charge in [-0.25, -0.2) is 0 Å². The number of hydrogen-bond donors (Lipinski definition) is 1. The number of carboxylic acid groups (broad SMARTS) is 1. The molecule has 0 unspecified atom stereocenters.